The largest absolute Gasteiger partial charge is 0.465 e. The van der Waals surface area contributed by atoms with Crippen LogP contribution in [0.3, 0.4) is 0 Å². The Morgan fingerprint density at radius 2 is 1.42 bits per heavy atom. The molecule has 0 bridgehead atoms. The zero-order chi connectivity index (χ0) is 37.1. The second-order valence-electron chi connectivity index (χ2n) is 19.5. The summed E-state index contributed by atoms with van der Waals surface area (Å²) in [5.41, 5.74) is 4.60. The van der Waals surface area contributed by atoms with Crippen LogP contribution in [0.1, 0.15) is 127 Å². The summed E-state index contributed by atoms with van der Waals surface area (Å²) in [5.74, 6) is 2.30. The van der Waals surface area contributed by atoms with E-state index in [4.69, 9.17) is 9.47 Å². The van der Waals surface area contributed by atoms with Crippen molar-refractivity contribution in [2.45, 2.75) is 116 Å². The monoisotopic (exact) mass is 832 g/mol. The number of alkyl halides is 2. The molecule has 0 spiro atoms. The van der Waals surface area contributed by atoms with Crippen molar-refractivity contribution in [3.8, 4) is 0 Å². The highest BCUT2D eigenvalue weighted by molar-refractivity contribution is 9.25. The van der Waals surface area contributed by atoms with E-state index in [-0.39, 0.29) is 42.2 Å². The van der Waals surface area contributed by atoms with E-state index in [9.17, 15) is 9.59 Å². The van der Waals surface area contributed by atoms with Crippen molar-refractivity contribution in [3.63, 3.8) is 0 Å². The van der Waals surface area contributed by atoms with Gasteiger partial charge in [0.25, 0.3) is 0 Å². The van der Waals surface area contributed by atoms with E-state index < -0.39 is 5.41 Å². The summed E-state index contributed by atoms with van der Waals surface area (Å²) >= 11 is 8.17. The first-order chi connectivity index (χ1) is 24.5. The van der Waals surface area contributed by atoms with Crippen molar-refractivity contribution < 1.29 is 19.1 Å². The molecule has 0 aliphatic heterocycles. The number of esters is 2. The molecule has 4 nitrogen and oxygen atoms in total. The van der Waals surface area contributed by atoms with E-state index >= 15 is 0 Å². The first kappa shape index (κ1) is 37.0. The van der Waals surface area contributed by atoms with E-state index in [1.165, 1.54) is 43.9 Å². The molecule has 1 unspecified atom stereocenters. The Balaban J connectivity index is 1.12. The van der Waals surface area contributed by atoms with Crippen LogP contribution in [-0.4, -0.2) is 22.3 Å². The second-order valence-corrected chi connectivity index (χ2v) is 23.2. The molecular formula is C46H58Br2O4. The average molecular weight is 835 g/mol. The fourth-order valence-corrected chi connectivity index (χ4v) is 16.1. The Morgan fingerprint density at radius 3 is 2.08 bits per heavy atom. The van der Waals surface area contributed by atoms with E-state index in [1.807, 2.05) is 30.3 Å². The fourth-order valence-electron chi connectivity index (χ4n) is 14.3. The Labute approximate surface area is 328 Å². The Morgan fingerprint density at radius 1 is 0.750 bits per heavy atom. The van der Waals surface area contributed by atoms with Crippen molar-refractivity contribution in [2.24, 2.45) is 62.1 Å². The third-order valence-electron chi connectivity index (χ3n) is 17.4. The van der Waals surface area contributed by atoms with Gasteiger partial charge in [-0.25, -0.2) is 4.79 Å². The van der Waals surface area contributed by atoms with Gasteiger partial charge in [0.15, 0.2) is 0 Å². The molecule has 0 N–H and O–H groups in total. The maximum absolute atomic E-state index is 14.6. The smallest absolute Gasteiger partial charge is 0.337 e. The minimum absolute atomic E-state index is 0.00922. The molecule has 280 valence electrons. The van der Waals surface area contributed by atoms with Crippen LogP contribution >= 0.6 is 31.9 Å². The molecule has 6 heteroatoms. The summed E-state index contributed by atoms with van der Waals surface area (Å²) < 4.78 is 11.3. The number of methoxy groups -OCH3 is 1. The van der Waals surface area contributed by atoms with Gasteiger partial charge in [-0.05, 0) is 150 Å². The van der Waals surface area contributed by atoms with Crippen LogP contribution in [-0.2, 0) is 20.9 Å². The van der Waals surface area contributed by atoms with Gasteiger partial charge in [-0.1, -0.05) is 122 Å². The van der Waals surface area contributed by atoms with Crippen molar-refractivity contribution in [1.29, 1.82) is 0 Å². The number of fused-ring (bicyclic) bond motifs is 7. The third kappa shape index (κ3) is 5.06. The lowest BCUT2D eigenvalue weighted by Gasteiger charge is -2.72. The topological polar surface area (TPSA) is 52.6 Å². The maximum Gasteiger partial charge on any atom is 0.337 e. The number of carbonyl (C=O) groups is 2. The number of ether oxygens (including phenoxy) is 2. The van der Waals surface area contributed by atoms with Gasteiger partial charge >= 0.3 is 11.9 Å². The predicted molar refractivity (Wildman–Crippen MR) is 215 cm³/mol. The van der Waals surface area contributed by atoms with Gasteiger partial charge in [-0.15, -0.1) is 0 Å². The van der Waals surface area contributed by atoms with Crippen LogP contribution in [0.4, 0.5) is 0 Å². The van der Waals surface area contributed by atoms with Crippen LogP contribution in [0, 0.1) is 62.1 Å². The number of hydrogen-bond donors (Lipinski definition) is 0. The van der Waals surface area contributed by atoms with Gasteiger partial charge in [0.1, 0.15) is 6.61 Å². The highest BCUT2D eigenvalue weighted by Crippen LogP contribution is 2.81. The molecule has 2 aromatic carbocycles. The third-order valence-corrected chi connectivity index (χ3v) is 19.7. The highest BCUT2D eigenvalue weighted by Gasteiger charge is 2.76. The van der Waals surface area contributed by atoms with Crippen LogP contribution in [0.5, 0.6) is 0 Å². The molecule has 6 aliphatic rings. The van der Waals surface area contributed by atoms with Gasteiger partial charge in [-0.2, -0.15) is 0 Å². The Hall–Kier alpha value is -1.92. The van der Waals surface area contributed by atoms with Gasteiger partial charge in [-0.3, -0.25) is 4.79 Å². The summed E-state index contributed by atoms with van der Waals surface area (Å²) in [5, 5.41) is 0. The minimum Gasteiger partial charge on any atom is -0.465 e. The molecular weight excluding hydrogens is 776 g/mol. The summed E-state index contributed by atoms with van der Waals surface area (Å²) in [6, 6.07) is 18.3. The summed E-state index contributed by atoms with van der Waals surface area (Å²) in [6.45, 7) is 15.8. The van der Waals surface area contributed by atoms with Crippen molar-refractivity contribution in [3.05, 3.63) is 77.4 Å². The first-order valence-corrected chi connectivity index (χ1v) is 21.6. The second kappa shape index (κ2) is 12.3. The lowest BCUT2D eigenvalue weighted by Crippen LogP contribution is -2.66. The average Bonchev–Trinajstić information content (AvgIpc) is 3.41. The molecule has 5 saturated carbocycles. The van der Waals surface area contributed by atoms with Crippen LogP contribution < -0.4 is 0 Å². The zero-order valence-corrected chi connectivity index (χ0v) is 35.5. The molecule has 8 rings (SSSR count). The molecule has 5 fully saturated rings. The van der Waals surface area contributed by atoms with Crippen molar-refractivity contribution >= 4 is 49.4 Å². The number of halogens is 2. The summed E-state index contributed by atoms with van der Waals surface area (Å²) in [4.78, 5) is 26.8. The number of hydrogen-bond acceptors (Lipinski definition) is 4. The molecule has 0 saturated heterocycles. The number of allylic oxidation sites excluding steroid dienone is 2. The highest BCUT2D eigenvalue weighted by atomic mass is 79.9. The van der Waals surface area contributed by atoms with Gasteiger partial charge in [0, 0.05) is 0 Å². The zero-order valence-electron chi connectivity index (χ0n) is 32.3. The molecule has 2 aromatic rings. The Bertz CT molecular complexity index is 1780. The molecule has 0 radical (unpaired) electrons. The first-order valence-electron chi connectivity index (χ1n) is 20.0. The van der Waals surface area contributed by atoms with Crippen LogP contribution in [0.15, 0.2) is 60.7 Å². The minimum atomic E-state index is -0.399. The molecule has 0 aromatic heterocycles. The number of benzene rings is 2. The van der Waals surface area contributed by atoms with E-state index in [0.29, 0.717) is 41.8 Å². The predicted octanol–water partition coefficient (Wildman–Crippen LogP) is 12.2. The van der Waals surface area contributed by atoms with Gasteiger partial charge < -0.3 is 9.47 Å². The maximum atomic E-state index is 14.6. The number of rotatable bonds is 6. The molecule has 52 heavy (non-hydrogen) atoms. The van der Waals surface area contributed by atoms with Crippen LogP contribution in [0.2, 0.25) is 0 Å². The van der Waals surface area contributed by atoms with Gasteiger partial charge in [0.2, 0.25) is 0 Å². The normalized spacial score (nSPS) is 42.4. The van der Waals surface area contributed by atoms with E-state index in [0.717, 1.165) is 44.1 Å². The van der Waals surface area contributed by atoms with Crippen LogP contribution in [0.25, 0.3) is 5.57 Å². The van der Waals surface area contributed by atoms with Crippen molar-refractivity contribution in [2.75, 3.05) is 7.11 Å². The fraction of sp³-hybridized carbons (Fsp3) is 0.652. The lowest BCUT2D eigenvalue weighted by molar-refractivity contribution is -0.232. The van der Waals surface area contributed by atoms with E-state index in [1.54, 1.807) is 0 Å². The SMILES string of the molecule is COC(=O)c1ccc(C2=CC[C@]3(C)[C@H]4CC[C@@H]5[C@H]6[C@H](C7(C)CC7(Br)Br)CC[C@]6(C(=O)OCc6ccccc6)CC[C@@]5(C)[C@]4(C)CC[C@H]3C2(C)C)cc1. The molecule has 6 aliphatic carbocycles. The quantitative estimate of drug-likeness (QED) is 0.215. The standard InChI is InChI=1S/C46H58Br2O4/c1-40(2)32(30-13-15-31(16-14-30)38(49)51-7)19-22-41(3)35(40)21-23-43(5)36(41)18-17-33-37-34(44(6)28-46(44,47)48)20-24-45(37,26-25-42(33,43)4)39(50)52-27-29-11-9-8-10-12-29/h8-16,19,33-37H,17-18,20-28H2,1-7H3/t33-,34-,35+,36-,37+,41+,42-,43-,44?,45+/m1/s1. The summed E-state index contributed by atoms with van der Waals surface area (Å²) in [7, 11) is 1.44. The van der Waals surface area contributed by atoms with Crippen molar-refractivity contribution in [1.82, 2.24) is 0 Å². The lowest BCUT2D eigenvalue weighted by atomic mass is 9.32. The van der Waals surface area contributed by atoms with E-state index in [2.05, 4.69) is 104 Å². The number of carbonyl (C=O) groups excluding carboxylic acids is 2. The molecule has 0 heterocycles. The molecule has 10 atom stereocenters. The molecule has 0 amide bonds. The Kier molecular flexibility index (Phi) is 8.75. The summed E-state index contributed by atoms with van der Waals surface area (Å²) in [6.07, 6.45) is 13.8. The van der Waals surface area contributed by atoms with Gasteiger partial charge in [0.05, 0.1) is 21.3 Å².